The second-order valence-corrected chi connectivity index (χ2v) is 4.94. The first-order valence-electron chi connectivity index (χ1n) is 6.28. The molecule has 0 aliphatic heterocycles. The van der Waals surface area contributed by atoms with E-state index in [0.29, 0.717) is 24.7 Å². The van der Waals surface area contributed by atoms with Gasteiger partial charge < -0.3 is 14.5 Å². The van der Waals surface area contributed by atoms with Gasteiger partial charge in [-0.3, -0.25) is 4.79 Å². The maximum atomic E-state index is 12.2. The highest BCUT2D eigenvalue weighted by molar-refractivity contribution is 5.78. The molecular formula is C12H19N3O3. The van der Waals surface area contributed by atoms with Crippen LogP contribution in [0, 0.1) is 12.8 Å². The van der Waals surface area contributed by atoms with Crippen LogP contribution < -0.4 is 0 Å². The van der Waals surface area contributed by atoms with Gasteiger partial charge in [0.05, 0.1) is 12.6 Å². The molecule has 6 heteroatoms. The second-order valence-electron chi connectivity index (χ2n) is 4.94. The Labute approximate surface area is 106 Å². The maximum absolute atomic E-state index is 12.2. The predicted molar refractivity (Wildman–Crippen MR) is 63.5 cm³/mol. The van der Waals surface area contributed by atoms with Crippen molar-refractivity contribution in [2.24, 2.45) is 5.92 Å². The fraction of sp³-hybridized carbons (Fsp3) is 0.750. The smallest absolute Gasteiger partial charge is 0.225 e. The van der Waals surface area contributed by atoms with E-state index in [1.807, 2.05) is 0 Å². The van der Waals surface area contributed by atoms with E-state index < -0.39 is 0 Å². The Kier molecular flexibility index (Phi) is 3.96. The van der Waals surface area contributed by atoms with Crippen LogP contribution in [0.2, 0.25) is 0 Å². The summed E-state index contributed by atoms with van der Waals surface area (Å²) in [5.74, 6) is 0.988. The van der Waals surface area contributed by atoms with Crippen LogP contribution in [-0.4, -0.2) is 39.2 Å². The highest BCUT2D eigenvalue weighted by atomic mass is 16.5. The molecule has 1 aliphatic rings. The molecule has 1 N–H and O–H groups in total. The zero-order valence-corrected chi connectivity index (χ0v) is 10.8. The van der Waals surface area contributed by atoms with Crippen LogP contribution in [0.1, 0.15) is 37.4 Å². The lowest BCUT2D eigenvalue weighted by molar-refractivity contribution is -0.137. The van der Waals surface area contributed by atoms with Crippen LogP contribution in [0.3, 0.4) is 0 Å². The molecule has 1 aromatic rings. The summed E-state index contributed by atoms with van der Waals surface area (Å²) in [5, 5.41) is 13.4. The van der Waals surface area contributed by atoms with Gasteiger partial charge in [0, 0.05) is 19.9 Å². The SMILES string of the molecule is Cc1nc(CN(C)C(=O)[C@H]2CCC[C@H](O)C2)no1. The Hall–Kier alpha value is -1.43. The number of rotatable bonds is 3. The minimum atomic E-state index is -0.339. The molecule has 2 rings (SSSR count). The van der Waals surface area contributed by atoms with Crippen LogP contribution in [0.15, 0.2) is 4.52 Å². The first-order valence-corrected chi connectivity index (χ1v) is 6.28. The third-order valence-corrected chi connectivity index (χ3v) is 3.32. The minimum Gasteiger partial charge on any atom is -0.393 e. The fourth-order valence-electron chi connectivity index (χ4n) is 2.40. The summed E-state index contributed by atoms with van der Waals surface area (Å²) >= 11 is 0. The van der Waals surface area contributed by atoms with Gasteiger partial charge >= 0.3 is 0 Å². The molecular weight excluding hydrogens is 234 g/mol. The number of aromatic nitrogens is 2. The summed E-state index contributed by atoms with van der Waals surface area (Å²) in [6, 6.07) is 0. The summed E-state index contributed by atoms with van der Waals surface area (Å²) < 4.78 is 4.87. The molecule has 2 atom stereocenters. The second kappa shape index (κ2) is 5.48. The van der Waals surface area contributed by atoms with E-state index in [0.717, 1.165) is 19.3 Å². The lowest BCUT2D eigenvalue weighted by atomic mass is 9.86. The number of nitrogens with zero attached hydrogens (tertiary/aromatic N) is 3. The monoisotopic (exact) mass is 253 g/mol. The predicted octanol–water partition coefficient (Wildman–Crippen LogP) is 0.888. The van der Waals surface area contributed by atoms with Crippen LogP contribution in [0.25, 0.3) is 0 Å². The summed E-state index contributed by atoms with van der Waals surface area (Å²) in [6.45, 7) is 2.07. The Morgan fingerprint density at radius 2 is 2.33 bits per heavy atom. The van der Waals surface area contributed by atoms with E-state index in [1.165, 1.54) is 0 Å². The third kappa shape index (κ3) is 3.07. The molecule has 1 heterocycles. The van der Waals surface area contributed by atoms with Crippen molar-refractivity contribution in [3.63, 3.8) is 0 Å². The average Bonchev–Trinajstić information content (AvgIpc) is 2.73. The van der Waals surface area contributed by atoms with Crippen molar-refractivity contribution in [1.82, 2.24) is 15.0 Å². The lowest BCUT2D eigenvalue weighted by Crippen LogP contribution is -2.36. The van der Waals surface area contributed by atoms with Gasteiger partial charge in [-0.2, -0.15) is 4.98 Å². The van der Waals surface area contributed by atoms with Crippen molar-refractivity contribution in [3.8, 4) is 0 Å². The van der Waals surface area contributed by atoms with Gasteiger partial charge in [0.25, 0.3) is 0 Å². The number of aliphatic hydroxyl groups is 1. The van der Waals surface area contributed by atoms with Crippen molar-refractivity contribution in [2.45, 2.75) is 45.3 Å². The zero-order valence-electron chi connectivity index (χ0n) is 10.8. The number of hydrogen-bond acceptors (Lipinski definition) is 5. The standard InChI is InChI=1S/C12H19N3O3/c1-8-13-11(14-18-8)7-15(2)12(17)9-4-3-5-10(16)6-9/h9-10,16H,3-7H2,1-2H3/t9-,10-/m0/s1. The largest absolute Gasteiger partial charge is 0.393 e. The molecule has 1 aliphatic carbocycles. The Balaban J connectivity index is 1.91. The van der Waals surface area contributed by atoms with Gasteiger partial charge in [0.2, 0.25) is 11.8 Å². The first kappa shape index (κ1) is 13.0. The molecule has 1 saturated carbocycles. The van der Waals surface area contributed by atoms with Gasteiger partial charge in [-0.05, 0) is 19.3 Å². The van der Waals surface area contributed by atoms with Crippen molar-refractivity contribution in [2.75, 3.05) is 7.05 Å². The molecule has 0 radical (unpaired) electrons. The van der Waals surface area contributed by atoms with Crippen LogP contribution >= 0.6 is 0 Å². The van der Waals surface area contributed by atoms with Gasteiger partial charge in [-0.15, -0.1) is 0 Å². The zero-order chi connectivity index (χ0) is 13.1. The van der Waals surface area contributed by atoms with E-state index in [1.54, 1.807) is 18.9 Å². The van der Waals surface area contributed by atoms with Crippen molar-refractivity contribution >= 4 is 5.91 Å². The summed E-state index contributed by atoms with van der Waals surface area (Å²) in [4.78, 5) is 17.9. The highest BCUT2D eigenvalue weighted by Gasteiger charge is 2.28. The molecule has 1 amide bonds. The Morgan fingerprint density at radius 1 is 1.56 bits per heavy atom. The van der Waals surface area contributed by atoms with Crippen LogP contribution in [-0.2, 0) is 11.3 Å². The average molecular weight is 253 g/mol. The summed E-state index contributed by atoms with van der Waals surface area (Å²) in [7, 11) is 1.73. The number of hydrogen-bond donors (Lipinski definition) is 1. The van der Waals surface area contributed by atoms with E-state index in [-0.39, 0.29) is 17.9 Å². The number of aliphatic hydroxyl groups excluding tert-OH is 1. The molecule has 0 spiro atoms. The fourth-order valence-corrected chi connectivity index (χ4v) is 2.40. The van der Waals surface area contributed by atoms with Crippen LogP contribution in [0.4, 0.5) is 0 Å². The third-order valence-electron chi connectivity index (χ3n) is 3.32. The van der Waals surface area contributed by atoms with Gasteiger partial charge in [0.1, 0.15) is 0 Å². The first-order chi connectivity index (χ1) is 8.56. The Bertz CT molecular complexity index is 418. The molecule has 18 heavy (non-hydrogen) atoms. The molecule has 0 aromatic carbocycles. The molecule has 6 nitrogen and oxygen atoms in total. The normalized spacial score (nSPS) is 23.9. The quantitative estimate of drug-likeness (QED) is 0.865. The van der Waals surface area contributed by atoms with E-state index in [2.05, 4.69) is 10.1 Å². The molecule has 1 aromatic heterocycles. The number of carbonyl (C=O) groups excluding carboxylic acids is 1. The molecule has 0 unspecified atom stereocenters. The van der Waals surface area contributed by atoms with Gasteiger partial charge in [-0.1, -0.05) is 11.6 Å². The van der Waals surface area contributed by atoms with Crippen molar-refractivity contribution in [3.05, 3.63) is 11.7 Å². The maximum Gasteiger partial charge on any atom is 0.225 e. The number of amides is 1. The van der Waals surface area contributed by atoms with E-state index in [9.17, 15) is 9.90 Å². The topological polar surface area (TPSA) is 79.5 Å². The molecule has 1 fully saturated rings. The van der Waals surface area contributed by atoms with Crippen molar-refractivity contribution < 1.29 is 14.4 Å². The van der Waals surface area contributed by atoms with Gasteiger partial charge in [-0.25, -0.2) is 0 Å². The molecule has 0 bridgehead atoms. The Morgan fingerprint density at radius 3 is 2.94 bits per heavy atom. The van der Waals surface area contributed by atoms with Gasteiger partial charge in [0.15, 0.2) is 5.82 Å². The highest BCUT2D eigenvalue weighted by Crippen LogP contribution is 2.25. The summed E-state index contributed by atoms with van der Waals surface area (Å²) in [6.07, 6.45) is 2.79. The van der Waals surface area contributed by atoms with Crippen molar-refractivity contribution in [1.29, 1.82) is 0 Å². The van der Waals surface area contributed by atoms with E-state index >= 15 is 0 Å². The minimum absolute atomic E-state index is 0.0520. The summed E-state index contributed by atoms with van der Waals surface area (Å²) in [5.41, 5.74) is 0. The van der Waals surface area contributed by atoms with Crippen LogP contribution in [0.5, 0.6) is 0 Å². The lowest BCUT2D eigenvalue weighted by Gasteiger charge is -2.28. The van der Waals surface area contributed by atoms with E-state index in [4.69, 9.17) is 4.52 Å². The number of aryl methyl sites for hydroxylation is 1. The molecule has 100 valence electrons. The number of carbonyl (C=O) groups is 1. The molecule has 0 saturated heterocycles.